The maximum absolute atomic E-state index is 11.7. The Morgan fingerprint density at radius 3 is 2.55 bits per heavy atom. The number of anilines is 1. The molecule has 2 nitrogen and oxygen atoms in total. The van der Waals surface area contributed by atoms with Crippen LogP contribution in [0.1, 0.15) is 5.56 Å². The zero-order chi connectivity index (χ0) is 14.2. The highest BCUT2D eigenvalue weighted by molar-refractivity contribution is 9.10. The molecule has 3 heteroatoms. The van der Waals surface area contributed by atoms with Gasteiger partial charge in [-0.05, 0) is 23.8 Å². The van der Waals surface area contributed by atoms with Gasteiger partial charge in [-0.1, -0.05) is 70.6 Å². The molecule has 2 aromatic carbocycles. The minimum atomic E-state index is -0.152. The zero-order valence-electron chi connectivity index (χ0n) is 10.8. The van der Waals surface area contributed by atoms with Crippen LogP contribution in [0.25, 0.3) is 6.08 Å². The molecule has 0 radical (unpaired) electrons. The molecule has 100 valence electrons. The minimum absolute atomic E-state index is 0.152. The molecule has 2 aromatic rings. The summed E-state index contributed by atoms with van der Waals surface area (Å²) < 4.78 is 0.934. The van der Waals surface area contributed by atoms with Gasteiger partial charge in [-0.2, -0.15) is 0 Å². The van der Waals surface area contributed by atoms with Crippen molar-refractivity contribution in [1.29, 1.82) is 0 Å². The second kappa shape index (κ2) is 7.46. The third-order valence-corrected chi connectivity index (χ3v) is 3.03. The summed E-state index contributed by atoms with van der Waals surface area (Å²) in [5.41, 5.74) is 1.87. The fourth-order valence-corrected chi connectivity index (χ4v) is 2.02. The van der Waals surface area contributed by atoms with Gasteiger partial charge in [0.2, 0.25) is 5.91 Å². The van der Waals surface area contributed by atoms with Crippen molar-refractivity contribution in [3.8, 4) is 0 Å². The molecule has 1 N–H and O–H groups in total. The first-order valence-electron chi connectivity index (χ1n) is 6.20. The highest BCUT2D eigenvalue weighted by Gasteiger charge is 1.97. The summed E-state index contributed by atoms with van der Waals surface area (Å²) >= 11 is 3.36. The van der Waals surface area contributed by atoms with E-state index in [2.05, 4.69) is 21.2 Å². The summed E-state index contributed by atoms with van der Waals surface area (Å²) in [7, 11) is 0. The molecule has 20 heavy (non-hydrogen) atoms. The van der Waals surface area contributed by atoms with E-state index in [1.807, 2.05) is 66.7 Å². The number of nitrogens with one attached hydrogen (secondary N) is 1. The van der Waals surface area contributed by atoms with E-state index < -0.39 is 0 Å². The first-order chi connectivity index (χ1) is 9.74. The van der Waals surface area contributed by atoms with Gasteiger partial charge in [-0.3, -0.25) is 4.79 Å². The SMILES string of the molecule is O=C(/C=C/C=C/c1ccccc1)Nc1cccc(Br)c1. The summed E-state index contributed by atoms with van der Waals surface area (Å²) in [6.45, 7) is 0. The van der Waals surface area contributed by atoms with Crippen LogP contribution in [0.3, 0.4) is 0 Å². The molecular weight excluding hydrogens is 314 g/mol. The summed E-state index contributed by atoms with van der Waals surface area (Å²) in [4.78, 5) is 11.7. The van der Waals surface area contributed by atoms with E-state index in [0.29, 0.717) is 0 Å². The number of carbonyl (C=O) groups is 1. The van der Waals surface area contributed by atoms with Crippen molar-refractivity contribution < 1.29 is 4.79 Å². The fraction of sp³-hybridized carbons (Fsp3) is 0. The standard InChI is InChI=1S/C17H14BrNO/c18-15-10-6-11-16(13-15)19-17(20)12-5-4-9-14-7-2-1-3-8-14/h1-13H,(H,19,20)/b9-4+,12-5+. The molecule has 0 aliphatic carbocycles. The van der Waals surface area contributed by atoms with Crippen LogP contribution < -0.4 is 5.32 Å². The molecule has 0 aliphatic rings. The van der Waals surface area contributed by atoms with Gasteiger partial charge < -0.3 is 5.32 Å². The molecule has 0 spiro atoms. The topological polar surface area (TPSA) is 29.1 Å². The van der Waals surface area contributed by atoms with Crippen LogP contribution in [-0.4, -0.2) is 5.91 Å². The number of hydrogen-bond donors (Lipinski definition) is 1. The number of allylic oxidation sites excluding steroid dienone is 2. The van der Waals surface area contributed by atoms with E-state index in [0.717, 1.165) is 15.7 Å². The molecule has 0 bridgehead atoms. The second-order valence-corrected chi connectivity index (χ2v) is 5.04. The first-order valence-corrected chi connectivity index (χ1v) is 7.00. The molecule has 0 aliphatic heterocycles. The molecule has 0 saturated carbocycles. The van der Waals surface area contributed by atoms with Gasteiger partial charge >= 0.3 is 0 Å². The molecule has 2 rings (SSSR count). The number of benzene rings is 2. The Bertz CT molecular complexity index is 632. The Kier molecular flexibility index (Phi) is 5.33. The molecule has 0 heterocycles. The van der Waals surface area contributed by atoms with E-state index in [1.54, 1.807) is 6.08 Å². The summed E-state index contributed by atoms with van der Waals surface area (Å²) in [6.07, 6.45) is 7.01. The Morgan fingerprint density at radius 1 is 1.00 bits per heavy atom. The zero-order valence-corrected chi connectivity index (χ0v) is 12.4. The van der Waals surface area contributed by atoms with Gasteiger partial charge in [-0.15, -0.1) is 0 Å². The smallest absolute Gasteiger partial charge is 0.248 e. The molecule has 1 amide bonds. The van der Waals surface area contributed by atoms with Gasteiger partial charge in [0.05, 0.1) is 0 Å². The summed E-state index contributed by atoms with van der Waals surface area (Å²) in [5, 5.41) is 2.79. The molecule has 0 atom stereocenters. The Labute approximate surface area is 127 Å². The van der Waals surface area contributed by atoms with Crippen LogP contribution in [-0.2, 0) is 4.79 Å². The van der Waals surface area contributed by atoms with Crippen LogP contribution in [0.4, 0.5) is 5.69 Å². The van der Waals surface area contributed by atoms with Crippen molar-refractivity contribution in [3.05, 3.63) is 82.9 Å². The molecule has 0 unspecified atom stereocenters. The van der Waals surface area contributed by atoms with Gasteiger partial charge in [0, 0.05) is 16.2 Å². The lowest BCUT2D eigenvalue weighted by atomic mass is 10.2. The highest BCUT2D eigenvalue weighted by Crippen LogP contribution is 2.15. The van der Waals surface area contributed by atoms with E-state index in [1.165, 1.54) is 6.08 Å². The summed E-state index contributed by atoms with van der Waals surface area (Å²) in [5.74, 6) is -0.152. The van der Waals surface area contributed by atoms with Crippen molar-refractivity contribution in [2.45, 2.75) is 0 Å². The largest absolute Gasteiger partial charge is 0.322 e. The van der Waals surface area contributed by atoms with E-state index in [4.69, 9.17) is 0 Å². The van der Waals surface area contributed by atoms with Crippen LogP contribution in [0.15, 0.2) is 77.3 Å². The normalized spacial score (nSPS) is 11.1. The van der Waals surface area contributed by atoms with E-state index in [9.17, 15) is 4.79 Å². The predicted molar refractivity (Wildman–Crippen MR) is 87.4 cm³/mol. The minimum Gasteiger partial charge on any atom is -0.322 e. The number of rotatable bonds is 4. The average Bonchev–Trinajstić information content (AvgIpc) is 2.45. The second-order valence-electron chi connectivity index (χ2n) is 4.13. The summed E-state index contributed by atoms with van der Waals surface area (Å²) in [6, 6.07) is 17.4. The first kappa shape index (κ1) is 14.3. The monoisotopic (exact) mass is 327 g/mol. The number of hydrogen-bond acceptors (Lipinski definition) is 1. The number of amides is 1. The number of halogens is 1. The maximum Gasteiger partial charge on any atom is 0.248 e. The van der Waals surface area contributed by atoms with Crippen molar-refractivity contribution >= 4 is 33.6 Å². The van der Waals surface area contributed by atoms with Crippen LogP contribution in [0.2, 0.25) is 0 Å². The van der Waals surface area contributed by atoms with Crippen LogP contribution >= 0.6 is 15.9 Å². The van der Waals surface area contributed by atoms with Crippen molar-refractivity contribution in [3.63, 3.8) is 0 Å². The predicted octanol–water partition coefficient (Wildman–Crippen LogP) is 4.66. The fourth-order valence-electron chi connectivity index (χ4n) is 1.62. The van der Waals surface area contributed by atoms with Gasteiger partial charge in [0.1, 0.15) is 0 Å². The number of carbonyl (C=O) groups excluding carboxylic acids is 1. The molecule has 0 saturated heterocycles. The van der Waals surface area contributed by atoms with Gasteiger partial charge in [-0.25, -0.2) is 0 Å². The van der Waals surface area contributed by atoms with Gasteiger partial charge in [0.25, 0.3) is 0 Å². The van der Waals surface area contributed by atoms with Crippen LogP contribution in [0, 0.1) is 0 Å². The van der Waals surface area contributed by atoms with E-state index in [-0.39, 0.29) is 5.91 Å². The third-order valence-electron chi connectivity index (χ3n) is 2.54. The lowest BCUT2D eigenvalue weighted by molar-refractivity contribution is -0.111. The average molecular weight is 328 g/mol. The maximum atomic E-state index is 11.7. The Morgan fingerprint density at radius 2 is 1.80 bits per heavy atom. The quantitative estimate of drug-likeness (QED) is 0.642. The lowest BCUT2D eigenvalue weighted by Gasteiger charge is -2.01. The van der Waals surface area contributed by atoms with Crippen molar-refractivity contribution in [2.24, 2.45) is 0 Å². The van der Waals surface area contributed by atoms with Crippen molar-refractivity contribution in [2.75, 3.05) is 5.32 Å². The molecule has 0 fully saturated rings. The van der Waals surface area contributed by atoms with Crippen LogP contribution in [0.5, 0.6) is 0 Å². The molecular formula is C17H14BrNO. The van der Waals surface area contributed by atoms with Crippen molar-refractivity contribution in [1.82, 2.24) is 0 Å². The third kappa shape index (κ3) is 4.86. The van der Waals surface area contributed by atoms with E-state index >= 15 is 0 Å². The van der Waals surface area contributed by atoms with Gasteiger partial charge in [0.15, 0.2) is 0 Å². The lowest BCUT2D eigenvalue weighted by Crippen LogP contribution is -2.07. The molecule has 0 aromatic heterocycles. The highest BCUT2D eigenvalue weighted by atomic mass is 79.9. The Balaban J connectivity index is 1.88. The Hall–Kier alpha value is -2.13.